The molecule has 0 radical (unpaired) electrons. The molecule has 92 valence electrons. The maximum atomic E-state index is 5.70. The zero-order valence-electron chi connectivity index (χ0n) is 10.6. The molecule has 2 aromatic rings. The molecule has 0 aliphatic carbocycles. The fourth-order valence-electron chi connectivity index (χ4n) is 2.20. The van der Waals surface area contributed by atoms with Gasteiger partial charge in [-0.3, -0.25) is 0 Å². The van der Waals surface area contributed by atoms with Gasteiger partial charge in [-0.05, 0) is 38.4 Å². The third-order valence-electron chi connectivity index (χ3n) is 3.05. The quantitative estimate of drug-likeness (QED) is 0.689. The summed E-state index contributed by atoms with van der Waals surface area (Å²) in [6.07, 6.45) is 1.04. The summed E-state index contributed by atoms with van der Waals surface area (Å²) in [6, 6.07) is 8.69. The van der Waals surface area contributed by atoms with E-state index in [0.29, 0.717) is 0 Å². The second kappa shape index (κ2) is 5.34. The number of hydrogen-bond donors (Lipinski definition) is 3. The third kappa shape index (κ3) is 2.87. The van der Waals surface area contributed by atoms with Gasteiger partial charge in [0, 0.05) is 29.2 Å². The molecule has 0 bridgehead atoms. The number of aromatic nitrogens is 1. The first kappa shape index (κ1) is 12.1. The molecule has 1 heterocycles. The number of hydrogen-bond acceptors (Lipinski definition) is 2. The minimum atomic E-state index is 0.221. The Bertz CT molecular complexity index is 485. The average molecular weight is 231 g/mol. The Morgan fingerprint density at radius 1 is 1.35 bits per heavy atom. The molecule has 0 saturated carbocycles. The highest BCUT2D eigenvalue weighted by atomic mass is 14.9. The van der Waals surface area contributed by atoms with Crippen molar-refractivity contribution in [2.24, 2.45) is 5.73 Å². The van der Waals surface area contributed by atoms with Crippen LogP contribution in [-0.4, -0.2) is 24.1 Å². The molecule has 1 unspecified atom stereocenters. The van der Waals surface area contributed by atoms with Gasteiger partial charge in [-0.1, -0.05) is 18.2 Å². The number of rotatable bonds is 5. The van der Waals surface area contributed by atoms with E-state index >= 15 is 0 Å². The van der Waals surface area contributed by atoms with Crippen molar-refractivity contribution in [3.05, 3.63) is 35.5 Å². The van der Waals surface area contributed by atoms with E-state index in [2.05, 4.69) is 41.5 Å². The lowest BCUT2D eigenvalue weighted by Gasteiger charge is -2.07. The number of H-pyrrole nitrogens is 1. The topological polar surface area (TPSA) is 53.8 Å². The Balaban J connectivity index is 2.05. The first-order chi connectivity index (χ1) is 8.18. The summed E-state index contributed by atoms with van der Waals surface area (Å²) < 4.78 is 0. The minimum absolute atomic E-state index is 0.221. The highest BCUT2D eigenvalue weighted by Gasteiger charge is 2.06. The van der Waals surface area contributed by atoms with Gasteiger partial charge in [0.05, 0.1) is 0 Å². The molecule has 3 heteroatoms. The Kier molecular flexibility index (Phi) is 3.82. The minimum Gasteiger partial charge on any atom is -0.358 e. The second-order valence-electron chi connectivity index (χ2n) is 4.71. The van der Waals surface area contributed by atoms with Gasteiger partial charge in [0.15, 0.2) is 0 Å². The van der Waals surface area contributed by atoms with Crippen LogP contribution in [0.15, 0.2) is 24.3 Å². The molecule has 0 saturated heterocycles. The Morgan fingerprint density at radius 3 is 2.88 bits per heavy atom. The van der Waals surface area contributed by atoms with Crippen LogP contribution >= 0.6 is 0 Å². The van der Waals surface area contributed by atoms with Crippen molar-refractivity contribution in [1.29, 1.82) is 0 Å². The fourth-order valence-corrected chi connectivity index (χ4v) is 2.20. The van der Waals surface area contributed by atoms with Gasteiger partial charge in [0.1, 0.15) is 0 Å². The van der Waals surface area contributed by atoms with Crippen molar-refractivity contribution in [2.75, 3.05) is 13.1 Å². The van der Waals surface area contributed by atoms with Crippen molar-refractivity contribution >= 4 is 10.9 Å². The van der Waals surface area contributed by atoms with Crippen molar-refractivity contribution in [3.8, 4) is 0 Å². The third-order valence-corrected chi connectivity index (χ3v) is 3.05. The molecular weight excluding hydrogens is 210 g/mol. The molecule has 1 aromatic carbocycles. The summed E-state index contributed by atoms with van der Waals surface area (Å²) in [5, 5.41) is 4.72. The van der Waals surface area contributed by atoms with Crippen LogP contribution < -0.4 is 11.1 Å². The maximum Gasteiger partial charge on any atom is 0.0458 e. The van der Waals surface area contributed by atoms with E-state index in [1.807, 2.05) is 6.92 Å². The first-order valence-electron chi connectivity index (χ1n) is 6.21. The second-order valence-corrected chi connectivity index (χ2v) is 4.71. The number of nitrogens with one attached hydrogen (secondary N) is 2. The summed E-state index contributed by atoms with van der Waals surface area (Å²) in [4.78, 5) is 3.42. The highest BCUT2D eigenvalue weighted by molar-refractivity contribution is 5.84. The van der Waals surface area contributed by atoms with Gasteiger partial charge in [-0.2, -0.15) is 0 Å². The number of aromatic amines is 1. The molecule has 3 nitrogen and oxygen atoms in total. The first-order valence-corrected chi connectivity index (χ1v) is 6.21. The molecule has 4 N–H and O–H groups in total. The van der Waals surface area contributed by atoms with Crippen molar-refractivity contribution in [1.82, 2.24) is 10.3 Å². The lowest BCUT2D eigenvalue weighted by molar-refractivity contribution is 0.609. The Hall–Kier alpha value is -1.32. The predicted octanol–water partition coefficient (Wildman–Crippen LogP) is 1.96. The van der Waals surface area contributed by atoms with E-state index in [4.69, 9.17) is 5.73 Å². The summed E-state index contributed by atoms with van der Waals surface area (Å²) >= 11 is 0. The number of para-hydroxylation sites is 1. The number of nitrogens with two attached hydrogens (primary N) is 1. The number of aryl methyl sites for hydroxylation is 1. The van der Waals surface area contributed by atoms with E-state index < -0.39 is 0 Å². The SMILES string of the molecule is Cc1[nH]c2ccccc2c1CCNCC(C)N. The Labute approximate surface area is 102 Å². The van der Waals surface area contributed by atoms with Crippen LogP contribution in [0.4, 0.5) is 0 Å². The number of fused-ring (bicyclic) bond motifs is 1. The summed E-state index contributed by atoms with van der Waals surface area (Å²) in [5.41, 5.74) is 9.62. The molecule has 0 aliphatic rings. The molecule has 0 amide bonds. The fraction of sp³-hybridized carbons (Fsp3) is 0.429. The van der Waals surface area contributed by atoms with Crippen LogP contribution in [0.2, 0.25) is 0 Å². The largest absolute Gasteiger partial charge is 0.358 e. The number of benzene rings is 1. The molecule has 1 aromatic heterocycles. The predicted molar refractivity (Wildman–Crippen MR) is 73.3 cm³/mol. The zero-order valence-corrected chi connectivity index (χ0v) is 10.6. The van der Waals surface area contributed by atoms with Crippen LogP contribution in [0, 0.1) is 6.92 Å². The van der Waals surface area contributed by atoms with Crippen molar-refractivity contribution in [2.45, 2.75) is 26.3 Å². The molecule has 2 rings (SSSR count). The standard InChI is InChI=1S/C14H21N3/c1-10(15)9-16-8-7-12-11(2)17-14-6-4-3-5-13(12)14/h3-6,10,16-17H,7-9,15H2,1-2H3. The highest BCUT2D eigenvalue weighted by Crippen LogP contribution is 2.21. The van der Waals surface area contributed by atoms with Crippen LogP contribution in [-0.2, 0) is 6.42 Å². The summed E-state index contributed by atoms with van der Waals surface area (Å²) in [5.74, 6) is 0. The molecule has 0 fully saturated rings. The van der Waals surface area contributed by atoms with Gasteiger partial charge >= 0.3 is 0 Å². The lowest BCUT2D eigenvalue weighted by atomic mass is 10.1. The maximum absolute atomic E-state index is 5.70. The normalized spacial score (nSPS) is 13.1. The Morgan fingerprint density at radius 2 is 2.12 bits per heavy atom. The smallest absolute Gasteiger partial charge is 0.0458 e. The van der Waals surface area contributed by atoms with Crippen LogP contribution in [0.3, 0.4) is 0 Å². The summed E-state index contributed by atoms with van der Waals surface area (Å²) in [6.45, 7) is 6.01. The monoisotopic (exact) mass is 231 g/mol. The van der Waals surface area contributed by atoms with Gasteiger partial charge in [0.2, 0.25) is 0 Å². The molecular formula is C14H21N3. The van der Waals surface area contributed by atoms with E-state index in [1.165, 1.54) is 22.2 Å². The van der Waals surface area contributed by atoms with Gasteiger partial charge < -0.3 is 16.0 Å². The molecule has 1 atom stereocenters. The average Bonchev–Trinajstić information content (AvgIpc) is 2.60. The summed E-state index contributed by atoms with van der Waals surface area (Å²) in [7, 11) is 0. The van der Waals surface area contributed by atoms with E-state index in [1.54, 1.807) is 0 Å². The van der Waals surface area contributed by atoms with E-state index in [-0.39, 0.29) is 6.04 Å². The van der Waals surface area contributed by atoms with Crippen LogP contribution in [0.25, 0.3) is 10.9 Å². The van der Waals surface area contributed by atoms with E-state index in [0.717, 1.165) is 19.5 Å². The van der Waals surface area contributed by atoms with E-state index in [9.17, 15) is 0 Å². The molecule has 0 aliphatic heterocycles. The van der Waals surface area contributed by atoms with Gasteiger partial charge in [-0.25, -0.2) is 0 Å². The lowest BCUT2D eigenvalue weighted by Crippen LogP contribution is -2.32. The van der Waals surface area contributed by atoms with Gasteiger partial charge in [-0.15, -0.1) is 0 Å². The zero-order chi connectivity index (χ0) is 12.3. The van der Waals surface area contributed by atoms with Crippen molar-refractivity contribution < 1.29 is 0 Å². The van der Waals surface area contributed by atoms with Crippen LogP contribution in [0.5, 0.6) is 0 Å². The van der Waals surface area contributed by atoms with Gasteiger partial charge in [0.25, 0.3) is 0 Å². The van der Waals surface area contributed by atoms with Crippen molar-refractivity contribution in [3.63, 3.8) is 0 Å². The molecule has 17 heavy (non-hydrogen) atoms. The molecule has 0 spiro atoms. The van der Waals surface area contributed by atoms with Crippen LogP contribution in [0.1, 0.15) is 18.2 Å².